The van der Waals surface area contributed by atoms with Crippen molar-refractivity contribution in [3.63, 3.8) is 0 Å². The van der Waals surface area contributed by atoms with Gasteiger partial charge in [0.05, 0.1) is 24.9 Å². The number of aromatic nitrogens is 4. The van der Waals surface area contributed by atoms with Crippen molar-refractivity contribution in [2.45, 2.75) is 39.3 Å². The molecule has 2 aromatic rings. The van der Waals surface area contributed by atoms with E-state index in [9.17, 15) is 9.18 Å². The van der Waals surface area contributed by atoms with E-state index in [0.717, 1.165) is 0 Å². The number of ether oxygens (including phenoxy) is 2. The Kier molecular flexibility index (Phi) is 5.94. The van der Waals surface area contributed by atoms with Gasteiger partial charge in [-0.3, -0.25) is 0 Å². The fourth-order valence-electron chi connectivity index (χ4n) is 2.38. The third-order valence-corrected chi connectivity index (χ3v) is 4.06. The van der Waals surface area contributed by atoms with Crippen LogP contribution in [0.2, 0.25) is 5.15 Å². The second-order valence-corrected chi connectivity index (χ2v) is 7.35. The Morgan fingerprint density at radius 1 is 1.37 bits per heavy atom. The quantitative estimate of drug-likeness (QED) is 0.730. The van der Waals surface area contributed by atoms with E-state index in [-0.39, 0.29) is 22.2 Å². The topological polar surface area (TPSA) is 82.4 Å². The number of nitrogens with zero attached hydrogens (tertiary/aromatic N) is 5. The molecule has 10 heteroatoms. The van der Waals surface area contributed by atoms with Gasteiger partial charge in [0.1, 0.15) is 22.7 Å². The summed E-state index contributed by atoms with van der Waals surface area (Å²) in [7, 11) is 4.56. The molecule has 1 atom stereocenters. The molecule has 148 valence electrons. The second kappa shape index (κ2) is 7.67. The second-order valence-electron chi connectivity index (χ2n) is 7.00. The van der Waals surface area contributed by atoms with E-state index < -0.39 is 23.6 Å². The molecule has 0 aliphatic heterocycles. The zero-order valence-corrected chi connectivity index (χ0v) is 17.1. The van der Waals surface area contributed by atoms with Crippen molar-refractivity contribution in [2.24, 2.45) is 7.05 Å². The highest BCUT2D eigenvalue weighted by atomic mass is 35.5. The maximum Gasteiger partial charge on any atom is 0.410 e. The molecule has 0 fully saturated rings. The van der Waals surface area contributed by atoms with Crippen LogP contribution in [-0.4, -0.2) is 50.7 Å². The van der Waals surface area contributed by atoms with Crippen molar-refractivity contribution in [3.8, 4) is 17.0 Å². The van der Waals surface area contributed by atoms with Crippen LogP contribution >= 0.6 is 11.6 Å². The molecule has 27 heavy (non-hydrogen) atoms. The Morgan fingerprint density at radius 3 is 2.56 bits per heavy atom. The van der Waals surface area contributed by atoms with Crippen LogP contribution in [0.3, 0.4) is 0 Å². The SMILES string of the molecule is COc1cnc(Cl)c(F)c1-c1nn(C)nc1C(C)N(C)C(=O)OC(C)(C)C. The predicted octanol–water partition coefficient (Wildman–Crippen LogP) is 3.61. The van der Waals surface area contributed by atoms with Gasteiger partial charge in [-0.2, -0.15) is 15.0 Å². The van der Waals surface area contributed by atoms with Crippen molar-refractivity contribution in [1.29, 1.82) is 0 Å². The number of methoxy groups -OCH3 is 1. The number of hydrogen-bond acceptors (Lipinski definition) is 6. The van der Waals surface area contributed by atoms with Gasteiger partial charge in [-0.1, -0.05) is 11.6 Å². The molecule has 0 aromatic carbocycles. The molecule has 2 rings (SSSR count). The van der Waals surface area contributed by atoms with Gasteiger partial charge in [0.25, 0.3) is 0 Å². The summed E-state index contributed by atoms with van der Waals surface area (Å²) < 4.78 is 25.3. The van der Waals surface area contributed by atoms with Crippen molar-refractivity contribution in [3.05, 3.63) is 22.9 Å². The minimum atomic E-state index is -0.773. The summed E-state index contributed by atoms with van der Waals surface area (Å²) in [5, 5.41) is 8.24. The molecule has 0 radical (unpaired) electrons. The van der Waals surface area contributed by atoms with E-state index >= 15 is 0 Å². The van der Waals surface area contributed by atoms with E-state index in [1.807, 2.05) is 0 Å². The summed E-state index contributed by atoms with van der Waals surface area (Å²) >= 11 is 5.84. The third kappa shape index (κ3) is 4.47. The van der Waals surface area contributed by atoms with E-state index in [1.54, 1.807) is 41.8 Å². The number of rotatable bonds is 4. The highest BCUT2D eigenvalue weighted by Gasteiger charge is 2.30. The number of amides is 1. The summed E-state index contributed by atoms with van der Waals surface area (Å²) in [6.07, 6.45) is 0.772. The number of halogens is 2. The molecule has 0 aliphatic rings. The Balaban J connectivity index is 2.51. The standard InChI is InChI=1S/C17H23ClFN5O3/c1-9(23(5)16(25)27-17(2,3)4)13-14(22-24(6)21-13)11-10(26-7)8-20-15(18)12(11)19/h8-9H,1-7H3. The van der Waals surface area contributed by atoms with Crippen molar-refractivity contribution in [2.75, 3.05) is 14.2 Å². The van der Waals surface area contributed by atoms with Gasteiger partial charge in [-0.25, -0.2) is 14.2 Å². The van der Waals surface area contributed by atoms with Gasteiger partial charge in [0.15, 0.2) is 11.0 Å². The summed E-state index contributed by atoms with van der Waals surface area (Å²) in [6, 6.07) is -0.556. The minimum Gasteiger partial charge on any atom is -0.494 e. The lowest BCUT2D eigenvalue weighted by Crippen LogP contribution is -2.36. The van der Waals surface area contributed by atoms with Gasteiger partial charge in [0, 0.05) is 14.1 Å². The Morgan fingerprint density at radius 2 is 2.00 bits per heavy atom. The Bertz CT molecular complexity index is 850. The fourth-order valence-corrected chi connectivity index (χ4v) is 2.52. The first-order valence-electron chi connectivity index (χ1n) is 8.21. The molecule has 0 saturated carbocycles. The lowest BCUT2D eigenvalue weighted by Gasteiger charge is -2.28. The molecule has 0 N–H and O–H groups in total. The van der Waals surface area contributed by atoms with Gasteiger partial charge < -0.3 is 14.4 Å². The van der Waals surface area contributed by atoms with Gasteiger partial charge in [0.2, 0.25) is 0 Å². The van der Waals surface area contributed by atoms with E-state index in [2.05, 4.69) is 15.2 Å². The van der Waals surface area contributed by atoms with Crippen LogP contribution in [0.1, 0.15) is 39.4 Å². The lowest BCUT2D eigenvalue weighted by atomic mass is 10.1. The maximum absolute atomic E-state index is 14.7. The van der Waals surface area contributed by atoms with Crippen LogP contribution in [0.25, 0.3) is 11.3 Å². The molecule has 0 saturated heterocycles. The molecular weight excluding hydrogens is 377 g/mol. The van der Waals surface area contributed by atoms with Crippen molar-refractivity contribution in [1.82, 2.24) is 24.9 Å². The average Bonchev–Trinajstić information content (AvgIpc) is 2.95. The Labute approximate surface area is 162 Å². The first-order valence-corrected chi connectivity index (χ1v) is 8.59. The van der Waals surface area contributed by atoms with Crippen LogP contribution in [0.4, 0.5) is 9.18 Å². The van der Waals surface area contributed by atoms with E-state index in [4.69, 9.17) is 21.1 Å². The van der Waals surface area contributed by atoms with Crippen LogP contribution in [-0.2, 0) is 11.8 Å². The average molecular weight is 400 g/mol. The molecular formula is C17H23ClFN5O3. The first kappa shape index (κ1) is 20.9. The first-order chi connectivity index (χ1) is 12.5. The molecule has 2 aromatic heterocycles. The molecule has 8 nitrogen and oxygen atoms in total. The summed E-state index contributed by atoms with van der Waals surface area (Å²) in [6.45, 7) is 7.06. The normalized spacial score (nSPS) is 12.6. The molecule has 0 bridgehead atoms. The van der Waals surface area contributed by atoms with E-state index in [0.29, 0.717) is 5.69 Å². The van der Waals surface area contributed by atoms with E-state index in [1.165, 1.54) is 23.0 Å². The van der Waals surface area contributed by atoms with Crippen molar-refractivity contribution < 1.29 is 18.7 Å². The minimum absolute atomic E-state index is 0.0324. The maximum atomic E-state index is 14.7. The van der Waals surface area contributed by atoms with Crippen LogP contribution in [0.15, 0.2) is 6.20 Å². The molecule has 2 heterocycles. The number of aryl methyl sites for hydroxylation is 1. The predicted molar refractivity (Wildman–Crippen MR) is 98.2 cm³/mol. The number of carbonyl (C=O) groups excluding carboxylic acids is 1. The highest BCUT2D eigenvalue weighted by Crippen LogP contribution is 2.37. The fraction of sp³-hybridized carbons (Fsp3) is 0.529. The number of pyridine rings is 1. The molecule has 0 spiro atoms. The van der Waals surface area contributed by atoms with Crippen molar-refractivity contribution >= 4 is 17.7 Å². The summed E-state index contributed by atoms with van der Waals surface area (Å²) in [5.41, 5.74) is -0.0427. The van der Waals surface area contributed by atoms with Gasteiger partial charge in [-0.15, -0.1) is 0 Å². The van der Waals surface area contributed by atoms with Gasteiger partial charge >= 0.3 is 6.09 Å². The third-order valence-electron chi connectivity index (χ3n) is 3.80. The Hall–Kier alpha value is -2.42. The smallest absolute Gasteiger partial charge is 0.410 e. The zero-order chi connectivity index (χ0) is 20.5. The van der Waals surface area contributed by atoms with Crippen LogP contribution in [0, 0.1) is 5.82 Å². The summed E-state index contributed by atoms with van der Waals surface area (Å²) in [5.74, 6) is -0.615. The number of carbonyl (C=O) groups is 1. The molecule has 1 unspecified atom stereocenters. The molecule has 0 aliphatic carbocycles. The monoisotopic (exact) mass is 399 g/mol. The zero-order valence-electron chi connectivity index (χ0n) is 16.4. The van der Waals surface area contributed by atoms with Crippen LogP contribution in [0.5, 0.6) is 5.75 Å². The lowest BCUT2D eigenvalue weighted by molar-refractivity contribution is 0.0230. The highest BCUT2D eigenvalue weighted by molar-refractivity contribution is 6.29. The molecule has 1 amide bonds. The summed E-state index contributed by atoms with van der Waals surface area (Å²) in [4.78, 5) is 18.8. The van der Waals surface area contributed by atoms with Crippen LogP contribution < -0.4 is 4.74 Å². The number of hydrogen-bond donors (Lipinski definition) is 0. The van der Waals surface area contributed by atoms with Gasteiger partial charge in [-0.05, 0) is 27.7 Å². The largest absolute Gasteiger partial charge is 0.494 e.